The van der Waals surface area contributed by atoms with Gasteiger partial charge in [0.2, 0.25) is 0 Å². The van der Waals surface area contributed by atoms with Crippen LogP contribution >= 0.6 is 0 Å². The molecule has 0 amide bonds. The monoisotopic (exact) mass is 299 g/mol. The van der Waals surface area contributed by atoms with Crippen LogP contribution in [0.25, 0.3) is 6.08 Å². The van der Waals surface area contributed by atoms with E-state index in [0.717, 1.165) is 0 Å². The lowest BCUT2D eigenvalue weighted by Crippen LogP contribution is -2.21. The van der Waals surface area contributed by atoms with E-state index in [9.17, 15) is 10.1 Å². The Bertz CT molecular complexity index is 631. The third kappa shape index (κ3) is 4.49. The van der Waals surface area contributed by atoms with E-state index in [1.54, 1.807) is 51.1 Å². The van der Waals surface area contributed by atoms with Crippen molar-refractivity contribution in [1.29, 1.82) is 5.26 Å². The Labute approximate surface area is 131 Å². The van der Waals surface area contributed by atoms with E-state index in [2.05, 4.69) is 6.58 Å². The van der Waals surface area contributed by atoms with Gasteiger partial charge in [0.25, 0.3) is 0 Å². The van der Waals surface area contributed by atoms with Crippen molar-refractivity contribution in [1.82, 2.24) is 0 Å². The van der Waals surface area contributed by atoms with E-state index < -0.39 is 5.41 Å². The molecule has 0 saturated heterocycles. The van der Waals surface area contributed by atoms with Crippen molar-refractivity contribution >= 4 is 11.9 Å². The van der Waals surface area contributed by atoms with Crippen molar-refractivity contribution in [2.45, 2.75) is 20.8 Å². The normalized spacial score (nSPS) is 11.5. The number of methoxy groups -OCH3 is 1. The van der Waals surface area contributed by atoms with Crippen LogP contribution in [0.3, 0.4) is 0 Å². The summed E-state index contributed by atoms with van der Waals surface area (Å²) in [6, 6.07) is 7.21. The Kier molecular flexibility index (Phi) is 5.94. The van der Waals surface area contributed by atoms with Gasteiger partial charge < -0.3 is 9.47 Å². The molecule has 0 unspecified atom stereocenters. The molecule has 22 heavy (non-hydrogen) atoms. The highest BCUT2D eigenvalue weighted by atomic mass is 16.5. The second kappa shape index (κ2) is 7.46. The fourth-order valence-electron chi connectivity index (χ4n) is 1.76. The molecule has 0 radical (unpaired) electrons. The number of benzene rings is 1. The number of ketones is 1. The standard InChI is InChI=1S/C18H21NO3/c1-6-9-22-15-8-7-13(11-16(15)21-5)10-14(12-19)17(20)18(2,3)4/h6-8,10-11H,1,9H2,2-5H3/b14-10-. The highest BCUT2D eigenvalue weighted by molar-refractivity contribution is 6.06. The molecule has 0 aliphatic rings. The number of Topliss-reactive ketones (excluding diaryl/α,β-unsaturated/α-hetero) is 1. The minimum Gasteiger partial charge on any atom is -0.493 e. The molecule has 4 heteroatoms. The summed E-state index contributed by atoms with van der Waals surface area (Å²) >= 11 is 0. The molecular formula is C18H21NO3. The van der Waals surface area contributed by atoms with Crippen LogP contribution < -0.4 is 9.47 Å². The number of carbonyl (C=O) groups excluding carboxylic acids is 1. The Balaban J connectivity index is 3.16. The first-order chi connectivity index (χ1) is 10.3. The number of carbonyl (C=O) groups is 1. The Morgan fingerprint density at radius 2 is 2.05 bits per heavy atom. The van der Waals surface area contributed by atoms with Crippen molar-refractivity contribution in [3.63, 3.8) is 0 Å². The molecule has 0 aromatic heterocycles. The van der Waals surface area contributed by atoms with Crippen LogP contribution in [0.15, 0.2) is 36.4 Å². The summed E-state index contributed by atoms with van der Waals surface area (Å²) in [5, 5.41) is 9.21. The van der Waals surface area contributed by atoms with Crippen molar-refractivity contribution in [2.24, 2.45) is 5.41 Å². The summed E-state index contributed by atoms with van der Waals surface area (Å²) < 4.78 is 10.7. The first kappa shape index (κ1) is 17.5. The Morgan fingerprint density at radius 1 is 1.36 bits per heavy atom. The predicted octanol–water partition coefficient (Wildman–Crippen LogP) is 3.78. The topological polar surface area (TPSA) is 59.3 Å². The molecule has 0 aliphatic carbocycles. The lowest BCUT2D eigenvalue weighted by Gasteiger charge is -2.15. The molecular weight excluding hydrogens is 278 g/mol. The molecule has 0 bridgehead atoms. The van der Waals surface area contributed by atoms with Crippen LogP contribution in [0, 0.1) is 16.7 Å². The maximum absolute atomic E-state index is 12.2. The highest BCUT2D eigenvalue weighted by Gasteiger charge is 2.25. The quantitative estimate of drug-likeness (QED) is 0.455. The minimum absolute atomic E-state index is 0.120. The molecule has 0 spiro atoms. The van der Waals surface area contributed by atoms with E-state index in [-0.39, 0.29) is 11.4 Å². The van der Waals surface area contributed by atoms with Gasteiger partial charge in [0.1, 0.15) is 12.7 Å². The van der Waals surface area contributed by atoms with Gasteiger partial charge in [0.15, 0.2) is 17.3 Å². The van der Waals surface area contributed by atoms with Crippen molar-refractivity contribution in [2.75, 3.05) is 13.7 Å². The van der Waals surface area contributed by atoms with E-state index in [0.29, 0.717) is 23.7 Å². The van der Waals surface area contributed by atoms with Crippen molar-refractivity contribution in [3.05, 3.63) is 42.0 Å². The third-order valence-electron chi connectivity index (χ3n) is 2.90. The van der Waals surface area contributed by atoms with Crippen LogP contribution in [0.2, 0.25) is 0 Å². The van der Waals surface area contributed by atoms with Gasteiger partial charge in [0.05, 0.1) is 12.7 Å². The van der Waals surface area contributed by atoms with Crippen molar-refractivity contribution < 1.29 is 14.3 Å². The average Bonchev–Trinajstić information content (AvgIpc) is 2.49. The number of allylic oxidation sites excluding steroid dienone is 1. The Hall–Kier alpha value is -2.54. The summed E-state index contributed by atoms with van der Waals surface area (Å²) in [6.45, 7) is 9.32. The molecule has 0 atom stereocenters. The van der Waals surface area contributed by atoms with Gasteiger partial charge in [-0.1, -0.05) is 39.5 Å². The SMILES string of the molecule is C=CCOc1ccc(/C=C(/C#N)C(=O)C(C)(C)C)cc1OC. The summed E-state index contributed by atoms with van der Waals surface area (Å²) in [5.41, 5.74) is 0.227. The summed E-state index contributed by atoms with van der Waals surface area (Å²) in [7, 11) is 1.54. The molecule has 0 fully saturated rings. The smallest absolute Gasteiger partial charge is 0.178 e. The number of hydrogen-bond donors (Lipinski definition) is 0. The second-order valence-corrected chi connectivity index (χ2v) is 5.76. The number of nitrogens with zero attached hydrogens (tertiary/aromatic N) is 1. The van der Waals surface area contributed by atoms with Crippen LogP contribution in [0.4, 0.5) is 0 Å². The molecule has 1 aromatic carbocycles. The first-order valence-electron chi connectivity index (χ1n) is 6.91. The number of nitriles is 1. The molecule has 1 rings (SSSR count). The van der Waals surface area contributed by atoms with Gasteiger partial charge in [-0.25, -0.2) is 0 Å². The first-order valence-corrected chi connectivity index (χ1v) is 6.91. The lowest BCUT2D eigenvalue weighted by molar-refractivity contribution is -0.121. The van der Waals surface area contributed by atoms with Gasteiger partial charge in [-0.15, -0.1) is 0 Å². The molecule has 0 saturated carbocycles. The molecule has 0 heterocycles. The fraction of sp³-hybridized carbons (Fsp3) is 0.333. The van der Waals surface area contributed by atoms with Gasteiger partial charge in [-0.3, -0.25) is 4.79 Å². The van der Waals surface area contributed by atoms with Gasteiger partial charge in [-0.05, 0) is 23.8 Å². The van der Waals surface area contributed by atoms with E-state index in [1.807, 2.05) is 6.07 Å². The van der Waals surface area contributed by atoms with E-state index >= 15 is 0 Å². The van der Waals surface area contributed by atoms with Gasteiger partial charge in [0, 0.05) is 5.41 Å². The van der Waals surface area contributed by atoms with Crippen LogP contribution in [-0.4, -0.2) is 19.5 Å². The molecule has 1 aromatic rings. The van der Waals surface area contributed by atoms with Crippen LogP contribution in [0.5, 0.6) is 11.5 Å². The van der Waals surface area contributed by atoms with E-state index in [1.165, 1.54) is 7.11 Å². The fourth-order valence-corrected chi connectivity index (χ4v) is 1.76. The zero-order valence-corrected chi connectivity index (χ0v) is 13.5. The predicted molar refractivity (Wildman–Crippen MR) is 86.7 cm³/mol. The maximum atomic E-state index is 12.2. The lowest BCUT2D eigenvalue weighted by atomic mass is 9.86. The summed E-state index contributed by atoms with van der Waals surface area (Å²) in [5.74, 6) is 0.928. The number of hydrogen-bond acceptors (Lipinski definition) is 4. The Morgan fingerprint density at radius 3 is 2.55 bits per heavy atom. The summed E-state index contributed by atoms with van der Waals surface area (Å²) in [6.07, 6.45) is 3.20. The highest BCUT2D eigenvalue weighted by Crippen LogP contribution is 2.29. The van der Waals surface area contributed by atoms with E-state index in [4.69, 9.17) is 9.47 Å². The zero-order valence-electron chi connectivity index (χ0n) is 13.5. The molecule has 0 N–H and O–H groups in total. The second-order valence-electron chi connectivity index (χ2n) is 5.76. The largest absolute Gasteiger partial charge is 0.493 e. The maximum Gasteiger partial charge on any atom is 0.178 e. The van der Waals surface area contributed by atoms with Crippen LogP contribution in [0.1, 0.15) is 26.3 Å². The molecule has 116 valence electrons. The van der Waals surface area contributed by atoms with Gasteiger partial charge >= 0.3 is 0 Å². The minimum atomic E-state index is -0.599. The third-order valence-corrected chi connectivity index (χ3v) is 2.90. The zero-order chi connectivity index (χ0) is 16.8. The average molecular weight is 299 g/mol. The molecule has 4 nitrogen and oxygen atoms in total. The van der Waals surface area contributed by atoms with Crippen molar-refractivity contribution in [3.8, 4) is 17.6 Å². The van der Waals surface area contributed by atoms with Crippen LogP contribution in [-0.2, 0) is 4.79 Å². The van der Waals surface area contributed by atoms with Gasteiger partial charge in [-0.2, -0.15) is 5.26 Å². The number of rotatable bonds is 6. The summed E-state index contributed by atoms with van der Waals surface area (Å²) in [4.78, 5) is 12.2. The molecule has 0 aliphatic heterocycles. The number of ether oxygens (including phenoxy) is 2.